The molecule has 1 heterocycles. The smallest absolute Gasteiger partial charge is 0.226 e. The second-order valence-electron chi connectivity index (χ2n) is 9.00. The Bertz CT molecular complexity index is 793. The molecule has 2 N–H and O–H groups in total. The first kappa shape index (κ1) is 17.4. The molecule has 4 fully saturated rings. The number of amides is 1. The van der Waals surface area contributed by atoms with E-state index in [9.17, 15) is 9.90 Å². The van der Waals surface area contributed by atoms with Crippen LogP contribution < -0.4 is 5.32 Å². The van der Waals surface area contributed by atoms with Crippen molar-refractivity contribution in [2.75, 3.05) is 0 Å². The number of aliphatic hydroxyl groups is 1. The van der Waals surface area contributed by atoms with E-state index in [1.165, 1.54) is 19.3 Å². The van der Waals surface area contributed by atoms with Gasteiger partial charge in [-0.2, -0.15) is 0 Å². The molecule has 27 heavy (non-hydrogen) atoms. The minimum Gasteiger partial charge on any atom is -0.383 e. The molecule has 4 aliphatic carbocycles. The number of hydrogen-bond acceptors (Lipinski definition) is 3. The van der Waals surface area contributed by atoms with Crippen molar-refractivity contribution >= 4 is 17.2 Å². The summed E-state index contributed by atoms with van der Waals surface area (Å²) < 4.78 is 0. The maximum Gasteiger partial charge on any atom is 0.226 e. The van der Waals surface area contributed by atoms with Gasteiger partial charge in [-0.05, 0) is 74.0 Å². The van der Waals surface area contributed by atoms with Crippen LogP contribution in [-0.4, -0.2) is 11.0 Å². The van der Waals surface area contributed by atoms with Crippen molar-refractivity contribution in [1.82, 2.24) is 5.32 Å². The van der Waals surface area contributed by atoms with Crippen LogP contribution in [-0.2, 0) is 11.3 Å². The summed E-state index contributed by atoms with van der Waals surface area (Å²) in [4.78, 5) is 15.1. The molecule has 1 aromatic heterocycles. The Morgan fingerprint density at radius 3 is 2.30 bits per heavy atom. The van der Waals surface area contributed by atoms with Gasteiger partial charge in [0.25, 0.3) is 0 Å². The fourth-order valence-electron chi connectivity index (χ4n) is 6.18. The van der Waals surface area contributed by atoms with Gasteiger partial charge in [-0.3, -0.25) is 4.79 Å². The lowest BCUT2D eigenvalue weighted by Gasteiger charge is -2.55. The van der Waals surface area contributed by atoms with Crippen LogP contribution in [0.25, 0.3) is 0 Å². The summed E-state index contributed by atoms with van der Waals surface area (Å²) in [5.74, 6) is 2.64. The van der Waals surface area contributed by atoms with Gasteiger partial charge in [0.15, 0.2) is 0 Å². The first-order valence-corrected chi connectivity index (χ1v) is 11.0. The van der Waals surface area contributed by atoms with E-state index < -0.39 is 6.10 Å². The average molecular weight is 382 g/mol. The largest absolute Gasteiger partial charge is 0.383 e. The van der Waals surface area contributed by atoms with Gasteiger partial charge in [0.2, 0.25) is 5.91 Å². The Balaban J connectivity index is 1.23. The number of hydrogen-bond donors (Lipinski definition) is 2. The van der Waals surface area contributed by atoms with Crippen LogP contribution in [0.2, 0.25) is 0 Å². The SMILES string of the molecule is O=C(NCc1ccc(C(O)c2ccccc2)s1)C12CC3CC(CC(C3)C1)C2. The first-order valence-electron chi connectivity index (χ1n) is 10.2. The highest BCUT2D eigenvalue weighted by Gasteiger charge is 2.54. The Hall–Kier alpha value is -1.65. The summed E-state index contributed by atoms with van der Waals surface area (Å²) in [6, 6.07) is 13.7. The average Bonchev–Trinajstić information content (AvgIpc) is 3.14. The monoisotopic (exact) mass is 381 g/mol. The molecule has 1 amide bonds. The van der Waals surface area contributed by atoms with Crippen molar-refractivity contribution in [3.63, 3.8) is 0 Å². The van der Waals surface area contributed by atoms with Crippen LogP contribution in [0.5, 0.6) is 0 Å². The van der Waals surface area contributed by atoms with Crippen LogP contribution in [0.3, 0.4) is 0 Å². The maximum atomic E-state index is 13.1. The Morgan fingerprint density at radius 2 is 1.67 bits per heavy atom. The number of thiophene rings is 1. The summed E-state index contributed by atoms with van der Waals surface area (Å²) in [6.07, 6.45) is 6.80. The lowest BCUT2D eigenvalue weighted by atomic mass is 9.49. The molecule has 0 radical (unpaired) electrons. The quantitative estimate of drug-likeness (QED) is 0.791. The summed E-state index contributed by atoms with van der Waals surface area (Å²) in [5, 5.41) is 13.8. The molecular formula is C23H27NO2S. The lowest BCUT2D eigenvalue weighted by Crippen LogP contribution is -2.53. The van der Waals surface area contributed by atoms with Crippen molar-refractivity contribution in [3.05, 3.63) is 57.8 Å². The highest BCUT2D eigenvalue weighted by atomic mass is 32.1. The number of benzene rings is 1. The predicted molar refractivity (Wildman–Crippen MR) is 107 cm³/mol. The molecule has 4 saturated carbocycles. The van der Waals surface area contributed by atoms with Crippen LogP contribution in [0, 0.1) is 23.2 Å². The minimum atomic E-state index is -0.594. The van der Waals surface area contributed by atoms with Gasteiger partial charge in [-0.15, -0.1) is 11.3 Å². The second-order valence-corrected chi connectivity index (χ2v) is 10.2. The van der Waals surface area contributed by atoms with Crippen molar-refractivity contribution < 1.29 is 9.90 Å². The van der Waals surface area contributed by atoms with Gasteiger partial charge in [-0.1, -0.05) is 30.3 Å². The molecule has 0 aliphatic heterocycles. The number of carbonyl (C=O) groups excluding carboxylic acids is 1. The molecule has 4 heteroatoms. The lowest BCUT2D eigenvalue weighted by molar-refractivity contribution is -0.146. The summed E-state index contributed by atoms with van der Waals surface area (Å²) in [7, 11) is 0. The van der Waals surface area contributed by atoms with E-state index in [1.54, 1.807) is 11.3 Å². The standard InChI is InChI=1S/C23H27NO2S/c25-21(18-4-2-1-3-5-18)20-7-6-19(27-20)14-24-22(26)23-11-15-8-16(12-23)10-17(9-15)13-23/h1-7,15-17,21,25H,8-14H2,(H,24,26). The van der Waals surface area contributed by atoms with Gasteiger partial charge in [0, 0.05) is 15.2 Å². The van der Waals surface area contributed by atoms with Crippen molar-refractivity contribution in [1.29, 1.82) is 0 Å². The van der Waals surface area contributed by atoms with E-state index in [0.29, 0.717) is 6.54 Å². The number of aliphatic hydroxyl groups excluding tert-OH is 1. The number of nitrogens with one attached hydrogen (secondary N) is 1. The van der Waals surface area contributed by atoms with Crippen molar-refractivity contribution in [3.8, 4) is 0 Å². The highest BCUT2D eigenvalue weighted by molar-refractivity contribution is 7.12. The van der Waals surface area contributed by atoms with Crippen LogP contribution in [0.1, 0.15) is 59.9 Å². The van der Waals surface area contributed by atoms with E-state index >= 15 is 0 Å². The molecule has 142 valence electrons. The molecule has 6 rings (SSSR count). The van der Waals surface area contributed by atoms with E-state index in [1.807, 2.05) is 42.5 Å². The molecule has 1 aromatic carbocycles. The van der Waals surface area contributed by atoms with Crippen LogP contribution >= 0.6 is 11.3 Å². The van der Waals surface area contributed by atoms with Crippen molar-refractivity contribution in [2.45, 2.75) is 51.2 Å². The van der Waals surface area contributed by atoms with Crippen molar-refractivity contribution in [2.24, 2.45) is 23.2 Å². The second kappa shape index (κ2) is 6.75. The molecular weight excluding hydrogens is 354 g/mol. The van der Waals surface area contributed by atoms with Crippen LogP contribution in [0.15, 0.2) is 42.5 Å². The van der Waals surface area contributed by atoms with E-state index in [-0.39, 0.29) is 11.3 Å². The van der Waals surface area contributed by atoms with Gasteiger partial charge in [-0.25, -0.2) is 0 Å². The maximum absolute atomic E-state index is 13.1. The molecule has 0 spiro atoms. The molecule has 4 aliphatic rings. The predicted octanol–water partition coefficient (Wildman–Crippen LogP) is 4.66. The Labute approximate surface area is 164 Å². The number of carbonyl (C=O) groups is 1. The fraction of sp³-hybridized carbons (Fsp3) is 0.522. The van der Waals surface area contributed by atoms with Gasteiger partial charge < -0.3 is 10.4 Å². The van der Waals surface area contributed by atoms with Crippen LogP contribution in [0.4, 0.5) is 0 Å². The number of rotatable bonds is 5. The molecule has 0 saturated heterocycles. The third-order valence-corrected chi connectivity index (χ3v) is 8.15. The van der Waals surface area contributed by atoms with E-state index in [2.05, 4.69) is 5.32 Å². The highest BCUT2D eigenvalue weighted by Crippen LogP contribution is 2.60. The van der Waals surface area contributed by atoms with Gasteiger partial charge in [0.05, 0.1) is 6.54 Å². The third-order valence-electron chi connectivity index (χ3n) is 7.01. The molecule has 1 atom stereocenters. The summed E-state index contributed by atoms with van der Waals surface area (Å²) in [5.41, 5.74) is 0.821. The van der Waals surface area contributed by atoms with E-state index in [4.69, 9.17) is 0 Å². The Morgan fingerprint density at radius 1 is 1.04 bits per heavy atom. The molecule has 4 bridgehead atoms. The van der Waals surface area contributed by atoms with Gasteiger partial charge >= 0.3 is 0 Å². The minimum absolute atomic E-state index is 0.0849. The Kier molecular flexibility index (Phi) is 4.36. The molecule has 3 nitrogen and oxygen atoms in total. The van der Waals surface area contributed by atoms with Gasteiger partial charge in [0.1, 0.15) is 6.10 Å². The summed E-state index contributed by atoms with van der Waals surface area (Å²) in [6.45, 7) is 0.576. The zero-order chi connectivity index (χ0) is 18.4. The third kappa shape index (κ3) is 3.23. The normalized spacial score (nSPS) is 32.4. The zero-order valence-corrected chi connectivity index (χ0v) is 16.4. The zero-order valence-electron chi connectivity index (χ0n) is 15.6. The molecule has 1 unspecified atom stereocenters. The topological polar surface area (TPSA) is 49.3 Å². The summed E-state index contributed by atoms with van der Waals surface area (Å²) >= 11 is 1.59. The van der Waals surface area contributed by atoms with E-state index in [0.717, 1.165) is 52.3 Å². The molecule has 2 aromatic rings. The fourth-order valence-corrected chi connectivity index (χ4v) is 7.15. The first-order chi connectivity index (χ1) is 13.1.